The van der Waals surface area contributed by atoms with Gasteiger partial charge in [-0.1, -0.05) is 65.4 Å². The number of pyridine rings is 2. The third-order valence-electron chi connectivity index (χ3n) is 6.20. The molecule has 0 unspecified atom stereocenters. The van der Waals surface area contributed by atoms with Gasteiger partial charge in [-0.2, -0.15) is 0 Å². The first-order chi connectivity index (χ1) is 21.0. The second-order valence-corrected chi connectivity index (χ2v) is 10.6. The van der Waals surface area contributed by atoms with Crippen molar-refractivity contribution in [2.75, 3.05) is 66.5 Å². The van der Waals surface area contributed by atoms with Crippen LogP contribution in [0.5, 0.6) is 5.88 Å². The third kappa shape index (κ3) is 20.4. The molecule has 0 atom stereocenters. The molecule has 0 radical (unpaired) electrons. The Morgan fingerprint density at radius 1 is 1.00 bits per heavy atom. The number of methoxy groups -OCH3 is 1. The van der Waals surface area contributed by atoms with E-state index in [1.807, 2.05) is 46.1 Å². The molecule has 3 heterocycles. The number of hydrogen-bond donors (Lipinski definition) is 2. The molecule has 44 heavy (non-hydrogen) atoms. The molecule has 0 spiro atoms. The average Bonchev–Trinajstić information content (AvgIpc) is 3.15. The number of likely N-dealkylation sites (N-methyl/N-ethyl adjacent to an activating group) is 2. The lowest BCUT2D eigenvalue weighted by Crippen LogP contribution is -2.25. The second kappa shape index (κ2) is 27.1. The predicted molar refractivity (Wildman–Crippen MR) is 186 cm³/mol. The van der Waals surface area contributed by atoms with Crippen molar-refractivity contribution in [1.82, 2.24) is 19.8 Å². The SMILES string of the molecule is CC.CC1CCCCCC1.CC=O.CN(C)CCN(C)C.CNc1ccc(C)cn1.COc1ccc2oc(C=O)c(N)c2n1. The van der Waals surface area contributed by atoms with Gasteiger partial charge in [0.2, 0.25) is 5.88 Å². The van der Waals surface area contributed by atoms with Gasteiger partial charge in [-0.3, -0.25) is 4.79 Å². The van der Waals surface area contributed by atoms with Crippen LogP contribution >= 0.6 is 0 Å². The molecule has 0 aliphatic heterocycles. The lowest BCUT2D eigenvalue weighted by molar-refractivity contribution is -0.106. The molecule has 250 valence electrons. The highest BCUT2D eigenvalue weighted by Crippen LogP contribution is 2.27. The number of carbonyl (C=O) groups is 2. The number of carbonyl (C=O) groups excluding carboxylic acids is 2. The second-order valence-electron chi connectivity index (χ2n) is 10.6. The van der Waals surface area contributed by atoms with Gasteiger partial charge in [0, 0.05) is 32.4 Å². The Morgan fingerprint density at radius 2 is 1.55 bits per heavy atom. The lowest BCUT2D eigenvalue weighted by Gasteiger charge is -2.13. The highest BCUT2D eigenvalue weighted by Gasteiger charge is 2.12. The van der Waals surface area contributed by atoms with Crippen LogP contribution in [0.25, 0.3) is 11.1 Å². The number of aromatic nitrogens is 2. The van der Waals surface area contributed by atoms with Crippen molar-refractivity contribution in [2.45, 2.75) is 73.1 Å². The Labute approximate surface area is 266 Å². The molecular weight excluding hydrogens is 556 g/mol. The first-order valence-corrected chi connectivity index (χ1v) is 15.5. The number of ether oxygens (including phenoxy) is 1. The van der Waals surface area contributed by atoms with Crippen LogP contribution in [0.4, 0.5) is 11.5 Å². The number of hydrogen-bond acceptors (Lipinski definition) is 10. The Balaban J connectivity index is 0. The summed E-state index contributed by atoms with van der Waals surface area (Å²) in [7, 11) is 11.7. The highest BCUT2D eigenvalue weighted by atomic mass is 16.5. The summed E-state index contributed by atoms with van der Waals surface area (Å²) in [5, 5.41) is 2.94. The van der Waals surface area contributed by atoms with E-state index in [1.165, 1.54) is 58.1 Å². The van der Waals surface area contributed by atoms with Gasteiger partial charge in [0.15, 0.2) is 17.6 Å². The minimum Gasteiger partial charge on any atom is -0.481 e. The van der Waals surface area contributed by atoms with Gasteiger partial charge in [0.05, 0.1) is 7.11 Å². The monoisotopic (exact) mass is 616 g/mol. The number of aldehydes is 2. The van der Waals surface area contributed by atoms with E-state index in [4.69, 9.17) is 19.7 Å². The molecule has 4 rings (SSSR count). The zero-order valence-electron chi connectivity index (χ0n) is 29.3. The van der Waals surface area contributed by atoms with Crippen LogP contribution in [-0.2, 0) is 4.79 Å². The molecule has 1 aliphatic rings. The maximum absolute atomic E-state index is 10.5. The smallest absolute Gasteiger partial charge is 0.213 e. The van der Waals surface area contributed by atoms with Crippen molar-refractivity contribution in [3.05, 3.63) is 41.8 Å². The van der Waals surface area contributed by atoms with Crippen molar-refractivity contribution in [1.29, 1.82) is 0 Å². The van der Waals surface area contributed by atoms with Gasteiger partial charge in [-0.15, -0.1) is 0 Å². The molecule has 1 saturated carbocycles. The van der Waals surface area contributed by atoms with Crippen LogP contribution in [0.3, 0.4) is 0 Å². The summed E-state index contributed by atoms with van der Waals surface area (Å²) in [6.07, 6.45) is 12.1. The summed E-state index contributed by atoms with van der Waals surface area (Å²) in [6.45, 7) is 12.1. The van der Waals surface area contributed by atoms with Gasteiger partial charge in [0.25, 0.3) is 0 Å². The van der Waals surface area contributed by atoms with Crippen molar-refractivity contribution >= 4 is 35.2 Å². The van der Waals surface area contributed by atoms with E-state index in [0.29, 0.717) is 23.3 Å². The summed E-state index contributed by atoms with van der Waals surface area (Å²) in [5.41, 5.74) is 7.99. The number of fused-ring (bicyclic) bond motifs is 1. The van der Waals surface area contributed by atoms with Crippen LogP contribution in [-0.4, -0.2) is 87.8 Å². The number of nitrogens with zero attached hydrogens (tertiary/aromatic N) is 4. The van der Waals surface area contributed by atoms with Crippen LogP contribution in [0.2, 0.25) is 0 Å². The molecule has 3 aromatic rings. The third-order valence-corrected chi connectivity index (χ3v) is 6.20. The van der Waals surface area contributed by atoms with E-state index in [-0.39, 0.29) is 11.4 Å². The Kier molecular flexibility index (Phi) is 26.2. The Hall–Kier alpha value is -3.50. The lowest BCUT2D eigenvalue weighted by atomic mass is 10.0. The maximum atomic E-state index is 10.5. The number of nitrogen functional groups attached to an aromatic ring is 1. The molecule has 0 aromatic carbocycles. The zero-order chi connectivity index (χ0) is 33.9. The topological polar surface area (TPSA) is 127 Å². The predicted octanol–water partition coefficient (Wildman–Crippen LogP) is 6.98. The first kappa shape index (κ1) is 42.6. The molecule has 0 amide bonds. The number of aryl methyl sites for hydroxylation is 1. The van der Waals surface area contributed by atoms with Crippen molar-refractivity contribution in [3.8, 4) is 5.88 Å². The molecule has 10 heteroatoms. The van der Waals surface area contributed by atoms with Gasteiger partial charge >= 0.3 is 0 Å². The summed E-state index contributed by atoms with van der Waals surface area (Å²) >= 11 is 0. The van der Waals surface area contributed by atoms with E-state index in [1.54, 1.807) is 12.1 Å². The molecule has 3 aromatic heterocycles. The van der Waals surface area contributed by atoms with Crippen LogP contribution in [0.15, 0.2) is 34.9 Å². The molecule has 1 aliphatic carbocycles. The van der Waals surface area contributed by atoms with Crippen molar-refractivity contribution in [2.24, 2.45) is 5.92 Å². The van der Waals surface area contributed by atoms with Crippen molar-refractivity contribution < 1.29 is 18.7 Å². The summed E-state index contributed by atoms with van der Waals surface area (Å²) in [5.74, 6) is 2.47. The largest absolute Gasteiger partial charge is 0.481 e. The van der Waals surface area contributed by atoms with E-state index in [2.05, 4.69) is 60.2 Å². The summed E-state index contributed by atoms with van der Waals surface area (Å²) in [4.78, 5) is 31.8. The average molecular weight is 617 g/mol. The fourth-order valence-electron chi connectivity index (χ4n) is 3.69. The van der Waals surface area contributed by atoms with Gasteiger partial charge in [-0.05, 0) is 65.7 Å². The van der Waals surface area contributed by atoms with Gasteiger partial charge < -0.3 is 34.8 Å². The fraction of sp³-hybridized carbons (Fsp3) is 0.588. The van der Waals surface area contributed by atoms with Gasteiger partial charge in [0.1, 0.15) is 23.3 Å². The molecule has 0 saturated heterocycles. The molecule has 0 bridgehead atoms. The number of nitrogens with two attached hydrogens (primary N) is 1. The number of anilines is 2. The van der Waals surface area contributed by atoms with E-state index in [0.717, 1.165) is 31.1 Å². The molecule has 3 N–H and O–H groups in total. The quantitative estimate of drug-likeness (QED) is 0.221. The van der Waals surface area contributed by atoms with E-state index in [9.17, 15) is 4.79 Å². The summed E-state index contributed by atoms with van der Waals surface area (Å²) in [6, 6.07) is 7.28. The minimum absolute atomic E-state index is 0.0979. The van der Waals surface area contributed by atoms with E-state index >= 15 is 0 Å². The molecule has 10 nitrogen and oxygen atoms in total. The van der Waals surface area contributed by atoms with Crippen LogP contribution in [0, 0.1) is 12.8 Å². The molecular formula is C34H60N6O4. The highest BCUT2D eigenvalue weighted by molar-refractivity contribution is 5.96. The summed E-state index contributed by atoms with van der Waals surface area (Å²) < 4.78 is 10.1. The Morgan fingerprint density at radius 3 is 1.95 bits per heavy atom. The maximum Gasteiger partial charge on any atom is 0.213 e. The normalized spacial score (nSPS) is 12.2. The standard InChI is InChI=1S/C9H8N2O3.C8H16.C7H10N2.C6H16N2.C2H4O.C2H6/c1-13-7-3-2-5-9(11-7)8(10)6(4-12)14-5;1-8-6-4-2-3-5-7-8;1-6-3-4-7(8-2)9-5-6;1-7(2)5-6-8(3)4;1-2-3;1-2/h2-4H,10H2,1H3;8H,2-7H2,1H3;3-5H,1-2H3,(H,8,9);5-6H2,1-4H3;2H,1H3;1-2H3. The first-order valence-electron chi connectivity index (χ1n) is 15.5. The van der Waals surface area contributed by atoms with Crippen LogP contribution in [0.1, 0.15) is 82.3 Å². The zero-order valence-corrected chi connectivity index (χ0v) is 29.3. The number of furan rings is 1. The van der Waals surface area contributed by atoms with Gasteiger partial charge in [-0.25, -0.2) is 9.97 Å². The van der Waals surface area contributed by atoms with Crippen molar-refractivity contribution in [3.63, 3.8) is 0 Å². The van der Waals surface area contributed by atoms with Crippen LogP contribution < -0.4 is 15.8 Å². The number of nitrogens with one attached hydrogen (secondary N) is 1. The molecule has 1 fully saturated rings. The fourth-order valence-corrected chi connectivity index (χ4v) is 3.69. The minimum atomic E-state index is 0.0979. The Bertz CT molecular complexity index is 1100. The van der Waals surface area contributed by atoms with E-state index < -0.39 is 0 Å². The number of rotatable bonds is 6.